The maximum Gasteiger partial charge on any atom is 0.216 e. The number of hydrogen-bond donors (Lipinski definition) is 1. The summed E-state index contributed by atoms with van der Waals surface area (Å²) in [5, 5.41) is 5.33. The SMILES string of the molecule is O=S(=O)(C1CC1)N1CCC(n2cc(-c3c[nH]c4cc(F)ccc34)cn2)CC1. The molecule has 1 aliphatic heterocycles. The molecule has 27 heavy (non-hydrogen) atoms. The minimum absolute atomic E-state index is 0.142. The molecule has 8 heteroatoms. The van der Waals surface area contributed by atoms with Gasteiger partial charge in [0.25, 0.3) is 0 Å². The van der Waals surface area contributed by atoms with Gasteiger partial charge >= 0.3 is 0 Å². The average Bonchev–Trinajstić information content (AvgIpc) is 3.29. The molecule has 1 aromatic carbocycles. The Morgan fingerprint density at radius 3 is 2.67 bits per heavy atom. The molecule has 0 spiro atoms. The third-order valence-corrected chi connectivity index (χ3v) is 8.06. The number of nitrogens with one attached hydrogen (secondary N) is 1. The van der Waals surface area contributed by atoms with Gasteiger partial charge in [-0.15, -0.1) is 0 Å². The van der Waals surface area contributed by atoms with E-state index in [0.717, 1.165) is 47.7 Å². The van der Waals surface area contributed by atoms with Crippen LogP contribution >= 0.6 is 0 Å². The number of nitrogens with zero attached hydrogens (tertiary/aromatic N) is 3. The first-order chi connectivity index (χ1) is 13.0. The van der Waals surface area contributed by atoms with E-state index in [2.05, 4.69) is 10.1 Å². The van der Waals surface area contributed by atoms with Crippen LogP contribution in [0.4, 0.5) is 4.39 Å². The van der Waals surface area contributed by atoms with E-state index in [9.17, 15) is 12.8 Å². The Hall–Kier alpha value is -2.19. The van der Waals surface area contributed by atoms with Crippen LogP contribution in [0.25, 0.3) is 22.0 Å². The van der Waals surface area contributed by atoms with Crippen molar-refractivity contribution in [2.45, 2.75) is 37.0 Å². The van der Waals surface area contributed by atoms with E-state index in [4.69, 9.17) is 0 Å². The molecule has 5 rings (SSSR count). The molecule has 1 N–H and O–H groups in total. The van der Waals surface area contributed by atoms with Gasteiger partial charge in [-0.05, 0) is 43.9 Å². The lowest BCUT2D eigenvalue weighted by molar-refractivity contribution is 0.261. The fourth-order valence-electron chi connectivity index (χ4n) is 3.95. The number of halogens is 1. The summed E-state index contributed by atoms with van der Waals surface area (Å²) in [5.41, 5.74) is 2.72. The largest absolute Gasteiger partial charge is 0.360 e. The molecule has 0 atom stereocenters. The Balaban J connectivity index is 1.34. The first-order valence-electron chi connectivity index (χ1n) is 9.32. The molecule has 3 heterocycles. The third-order valence-electron chi connectivity index (χ3n) is 5.66. The van der Waals surface area contributed by atoms with Crippen LogP contribution in [-0.4, -0.2) is 45.8 Å². The first kappa shape index (κ1) is 16.9. The molecule has 1 saturated heterocycles. The van der Waals surface area contributed by atoms with Gasteiger partial charge in [0, 0.05) is 47.5 Å². The summed E-state index contributed by atoms with van der Waals surface area (Å²) in [7, 11) is -3.08. The lowest BCUT2D eigenvalue weighted by Gasteiger charge is -2.31. The van der Waals surface area contributed by atoms with E-state index in [1.165, 1.54) is 12.1 Å². The van der Waals surface area contributed by atoms with Gasteiger partial charge in [0.15, 0.2) is 0 Å². The minimum Gasteiger partial charge on any atom is -0.360 e. The zero-order chi connectivity index (χ0) is 18.6. The van der Waals surface area contributed by atoms with Crippen molar-refractivity contribution in [1.82, 2.24) is 19.1 Å². The molecule has 0 bridgehead atoms. The van der Waals surface area contributed by atoms with Crippen LogP contribution in [0.1, 0.15) is 31.7 Å². The summed E-state index contributed by atoms with van der Waals surface area (Å²) in [6.45, 7) is 1.12. The van der Waals surface area contributed by atoms with Crippen molar-refractivity contribution >= 4 is 20.9 Å². The molecule has 2 aromatic heterocycles. The van der Waals surface area contributed by atoms with Crippen molar-refractivity contribution in [3.63, 3.8) is 0 Å². The summed E-state index contributed by atoms with van der Waals surface area (Å²) in [5.74, 6) is -0.264. The molecular formula is C19H21FN4O2S. The van der Waals surface area contributed by atoms with Crippen molar-refractivity contribution in [2.75, 3.05) is 13.1 Å². The zero-order valence-corrected chi connectivity index (χ0v) is 15.6. The molecule has 6 nitrogen and oxygen atoms in total. The van der Waals surface area contributed by atoms with Gasteiger partial charge in [0.2, 0.25) is 10.0 Å². The van der Waals surface area contributed by atoms with Gasteiger partial charge in [-0.25, -0.2) is 17.1 Å². The molecule has 142 valence electrons. The highest BCUT2D eigenvalue weighted by Crippen LogP contribution is 2.35. The van der Waals surface area contributed by atoms with Crippen molar-refractivity contribution < 1.29 is 12.8 Å². The molecule has 0 unspecified atom stereocenters. The Bertz CT molecular complexity index is 1090. The number of piperidine rings is 1. The number of fused-ring (bicyclic) bond motifs is 1. The second-order valence-electron chi connectivity index (χ2n) is 7.48. The second kappa shape index (κ2) is 6.17. The van der Waals surface area contributed by atoms with E-state index < -0.39 is 10.0 Å². The molecular weight excluding hydrogens is 367 g/mol. The van der Waals surface area contributed by atoms with Gasteiger partial charge in [0.05, 0.1) is 17.5 Å². The highest BCUT2D eigenvalue weighted by molar-refractivity contribution is 7.90. The lowest BCUT2D eigenvalue weighted by Crippen LogP contribution is -2.40. The first-order valence-corrected chi connectivity index (χ1v) is 10.8. The third kappa shape index (κ3) is 2.96. The van der Waals surface area contributed by atoms with E-state index >= 15 is 0 Å². The average molecular weight is 388 g/mol. The number of sulfonamides is 1. The quantitative estimate of drug-likeness (QED) is 0.745. The Morgan fingerprint density at radius 2 is 1.93 bits per heavy atom. The van der Waals surface area contributed by atoms with Crippen LogP contribution < -0.4 is 0 Å². The summed E-state index contributed by atoms with van der Waals surface area (Å²) in [4.78, 5) is 3.10. The summed E-state index contributed by atoms with van der Waals surface area (Å²) < 4.78 is 41.7. The number of aromatic nitrogens is 3. The smallest absolute Gasteiger partial charge is 0.216 e. The Kier molecular flexibility index (Phi) is 3.87. The topological polar surface area (TPSA) is 71.0 Å². The molecule has 0 radical (unpaired) electrons. The number of rotatable bonds is 4. The fraction of sp³-hybridized carbons (Fsp3) is 0.421. The van der Waals surface area contributed by atoms with Crippen LogP contribution in [-0.2, 0) is 10.0 Å². The van der Waals surface area contributed by atoms with E-state index in [1.807, 2.05) is 23.3 Å². The second-order valence-corrected chi connectivity index (χ2v) is 9.69. The van der Waals surface area contributed by atoms with Crippen LogP contribution in [0, 0.1) is 5.82 Å². The van der Waals surface area contributed by atoms with Gasteiger partial charge < -0.3 is 4.98 Å². The van der Waals surface area contributed by atoms with Crippen LogP contribution in [0.3, 0.4) is 0 Å². The predicted octanol–water partition coefficient (Wildman–Crippen LogP) is 3.30. The van der Waals surface area contributed by atoms with Crippen LogP contribution in [0.5, 0.6) is 0 Å². The van der Waals surface area contributed by atoms with Crippen LogP contribution in [0.15, 0.2) is 36.8 Å². The Morgan fingerprint density at radius 1 is 1.15 bits per heavy atom. The normalized spacial score (nSPS) is 19.7. The maximum absolute atomic E-state index is 13.4. The highest BCUT2D eigenvalue weighted by atomic mass is 32.2. The van der Waals surface area contributed by atoms with E-state index in [1.54, 1.807) is 10.4 Å². The lowest BCUT2D eigenvalue weighted by atomic mass is 10.1. The monoisotopic (exact) mass is 388 g/mol. The summed E-state index contributed by atoms with van der Waals surface area (Å²) >= 11 is 0. The molecule has 1 saturated carbocycles. The van der Waals surface area contributed by atoms with Gasteiger partial charge in [0.1, 0.15) is 5.82 Å². The number of aromatic amines is 1. The molecule has 3 aromatic rings. The standard InChI is InChI=1S/C19H21FN4O2S/c20-14-1-4-17-18(11-21-19(17)9-14)13-10-22-24(12-13)15-5-7-23(8-6-15)27(25,26)16-2-3-16/h1,4,9-12,15-16,21H,2-3,5-8H2. The highest BCUT2D eigenvalue weighted by Gasteiger charge is 2.41. The van der Waals surface area contributed by atoms with Gasteiger partial charge in [-0.1, -0.05) is 0 Å². The molecule has 2 aliphatic rings. The van der Waals surface area contributed by atoms with Gasteiger partial charge in [-0.2, -0.15) is 5.10 Å². The summed E-state index contributed by atoms with van der Waals surface area (Å²) in [6.07, 6.45) is 8.84. The van der Waals surface area contributed by atoms with E-state index in [0.29, 0.717) is 13.1 Å². The fourth-order valence-corrected chi connectivity index (χ4v) is 5.83. The van der Waals surface area contributed by atoms with Crippen LogP contribution in [0.2, 0.25) is 0 Å². The molecule has 2 fully saturated rings. The predicted molar refractivity (Wildman–Crippen MR) is 101 cm³/mol. The summed E-state index contributed by atoms with van der Waals surface area (Å²) in [6, 6.07) is 4.92. The van der Waals surface area contributed by atoms with Crippen molar-refractivity contribution in [3.8, 4) is 11.1 Å². The number of H-pyrrole nitrogens is 1. The van der Waals surface area contributed by atoms with Crippen molar-refractivity contribution in [1.29, 1.82) is 0 Å². The maximum atomic E-state index is 13.4. The zero-order valence-electron chi connectivity index (χ0n) is 14.8. The molecule has 0 amide bonds. The van der Waals surface area contributed by atoms with E-state index in [-0.39, 0.29) is 17.1 Å². The minimum atomic E-state index is -3.08. The molecule has 1 aliphatic carbocycles. The Labute approximate surface area is 157 Å². The van der Waals surface area contributed by atoms with Crippen molar-refractivity contribution in [2.24, 2.45) is 0 Å². The number of benzene rings is 1. The van der Waals surface area contributed by atoms with Gasteiger partial charge in [-0.3, -0.25) is 4.68 Å². The number of hydrogen-bond acceptors (Lipinski definition) is 3. The van der Waals surface area contributed by atoms with Crippen molar-refractivity contribution in [3.05, 3.63) is 42.6 Å².